The average molecular weight is 802 g/mol. The first-order valence-electron chi connectivity index (χ1n) is 22.0. The molecule has 0 saturated carbocycles. The summed E-state index contributed by atoms with van der Waals surface area (Å²) in [5.41, 5.74) is 19.7. The van der Waals surface area contributed by atoms with Gasteiger partial charge in [-0.3, -0.25) is 0 Å². The highest BCUT2D eigenvalue weighted by atomic mass is 32.1. The third-order valence-corrected chi connectivity index (χ3v) is 14.2. The number of hydrogen-bond acceptors (Lipinski definition) is 2. The standard InChI is InChI=1S/C33H34S.C25H25N/c1-7-22(3)24-12-14-25(15-13-24)28-18-21(2)19-29-27-17-16-26(20-31(27)34-32(28)29)33(5,6)30-11-9-8-10-23(30)4;1-18-9-6-7-12-22(18)23-17-21(16-15-19(23)2)25-14-8-13-24(26-25)20-10-4-3-5-11-20/h8-20,22H,7H2,1-6H3;3-4,7-8,10,12-17H,5-6,9,11H2,1-2H3. The molecule has 2 heteroatoms. The van der Waals surface area contributed by atoms with E-state index < -0.39 is 0 Å². The lowest BCUT2D eigenvalue weighted by atomic mass is 9.76. The zero-order valence-electron chi connectivity index (χ0n) is 36.8. The Morgan fingerprint density at radius 1 is 0.683 bits per heavy atom. The molecule has 0 amide bonds. The SMILES string of the molecule is CC1=C(c2cc(-c3cccc(C4=CC=CCC4)n3)ccc2C)C=CCC1.CCC(C)c1ccc(-c2cc(C)cc3c2sc2cc(C(C)(C)c4ccccc4C)ccc23)cc1. The number of allylic oxidation sites excluding steroid dienone is 8. The van der Waals surface area contributed by atoms with Crippen molar-refractivity contribution in [2.45, 2.75) is 98.8 Å². The molecule has 0 saturated heterocycles. The summed E-state index contributed by atoms with van der Waals surface area (Å²) >= 11 is 1.94. The normalized spacial score (nSPS) is 14.6. The van der Waals surface area contributed by atoms with Crippen LogP contribution in [0.25, 0.3) is 53.7 Å². The quantitative estimate of drug-likeness (QED) is 0.149. The van der Waals surface area contributed by atoms with Crippen LogP contribution >= 0.6 is 11.3 Å². The fourth-order valence-corrected chi connectivity index (χ4v) is 10.3. The molecule has 2 aliphatic carbocycles. The molecule has 1 unspecified atom stereocenters. The van der Waals surface area contributed by atoms with Gasteiger partial charge in [0.2, 0.25) is 0 Å². The lowest BCUT2D eigenvalue weighted by molar-refractivity contribution is 0.637. The Hall–Kier alpha value is -5.57. The highest BCUT2D eigenvalue weighted by Crippen LogP contribution is 2.44. The second-order valence-corrected chi connectivity index (χ2v) is 18.7. The molecule has 0 spiro atoms. The molecule has 7 aromatic rings. The molecule has 0 N–H and O–H groups in total. The van der Waals surface area contributed by atoms with E-state index in [1.807, 2.05) is 11.3 Å². The fraction of sp³-hybridized carbons (Fsp3) is 0.259. The van der Waals surface area contributed by atoms with Crippen LogP contribution in [0.5, 0.6) is 0 Å². The van der Waals surface area contributed by atoms with Gasteiger partial charge < -0.3 is 0 Å². The molecule has 0 fully saturated rings. The highest BCUT2D eigenvalue weighted by Gasteiger charge is 2.25. The maximum atomic E-state index is 4.97. The molecule has 2 aliphatic rings. The fourth-order valence-electron chi connectivity index (χ4n) is 9.04. The summed E-state index contributed by atoms with van der Waals surface area (Å²) < 4.78 is 2.76. The van der Waals surface area contributed by atoms with Crippen molar-refractivity contribution in [3.63, 3.8) is 0 Å². The first-order valence-corrected chi connectivity index (χ1v) is 22.8. The lowest BCUT2D eigenvalue weighted by Crippen LogP contribution is -2.20. The van der Waals surface area contributed by atoms with Gasteiger partial charge in [-0.15, -0.1) is 11.3 Å². The van der Waals surface area contributed by atoms with Crippen molar-refractivity contribution < 1.29 is 0 Å². The van der Waals surface area contributed by atoms with Gasteiger partial charge in [0.15, 0.2) is 0 Å². The second kappa shape index (κ2) is 17.6. The Balaban J connectivity index is 0.000000172. The van der Waals surface area contributed by atoms with Crippen LogP contribution in [0.2, 0.25) is 0 Å². The minimum absolute atomic E-state index is 0.0414. The van der Waals surface area contributed by atoms with E-state index in [0.29, 0.717) is 5.92 Å². The largest absolute Gasteiger partial charge is 0.248 e. The molecule has 0 radical (unpaired) electrons. The Morgan fingerprint density at radius 3 is 2.20 bits per heavy atom. The summed E-state index contributed by atoms with van der Waals surface area (Å²) in [6.07, 6.45) is 16.8. The van der Waals surface area contributed by atoms with E-state index in [1.165, 1.54) is 98.9 Å². The van der Waals surface area contributed by atoms with Crippen LogP contribution < -0.4 is 0 Å². The van der Waals surface area contributed by atoms with Crippen LogP contribution in [0.4, 0.5) is 0 Å². The number of rotatable bonds is 8. The lowest BCUT2D eigenvalue weighted by Gasteiger charge is -2.28. The number of thiophene rings is 1. The summed E-state index contributed by atoms with van der Waals surface area (Å²) in [5.74, 6) is 0.603. The van der Waals surface area contributed by atoms with Gasteiger partial charge in [0, 0.05) is 31.2 Å². The van der Waals surface area contributed by atoms with Crippen molar-refractivity contribution in [2.24, 2.45) is 0 Å². The molecule has 0 bridgehead atoms. The smallest absolute Gasteiger partial charge is 0.0709 e. The third-order valence-electron chi connectivity index (χ3n) is 13.0. The number of aryl methyl sites for hydroxylation is 3. The van der Waals surface area contributed by atoms with Crippen molar-refractivity contribution in [1.82, 2.24) is 4.98 Å². The molecule has 0 aliphatic heterocycles. The first-order chi connectivity index (χ1) is 29.0. The van der Waals surface area contributed by atoms with Crippen molar-refractivity contribution in [3.05, 3.63) is 196 Å². The summed E-state index contributed by atoms with van der Waals surface area (Å²) in [5, 5.41) is 2.74. The van der Waals surface area contributed by atoms with Crippen LogP contribution in [0.1, 0.15) is 117 Å². The number of aromatic nitrogens is 1. The van der Waals surface area contributed by atoms with E-state index in [4.69, 9.17) is 4.98 Å². The van der Waals surface area contributed by atoms with Gasteiger partial charge in [-0.1, -0.05) is 143 Å². The monoisotopic (exact) mass is 801 g/mol. The molecule has 1 nitrogen and oxygen atoms in total. The van der Waals surface area contributed by atoms with Crippen molar-refractivity contribution in [2.75, 3.05) is 0 Å². The van der Waals surface area contributed by atoms with Gasteiger partial charge in [0.05, 0.1) is 11.4 Å². The number of nitrogens with zero attached hydrogens (tertiary/aromatic N) is 1. The van der Waals surface area contributed by atoms with E-state index >= 15 is 0 Å². The molecular formula is C58H59NS. The van der Waals surface area contributed by atoms with Crippen LogP contribution in [-0.2, 0) is 5.41 Å². The van der Waals surface area contributed by atoms with Crippen LogP contribution in [-0.4, -0.2) is 4.98 Å². The van der Waals surface area contributed by atoms with Gasteiger partial charge in [-0.2, -0.15) is 0 Å². The molecule has 60 heavy (non-hydrogen) atoms. The first kappa shape index (κ1) is 41.2. The van der Waals surface area contributed by atoms with Gasteiger partial charge in [0.25, 0.3) is 0 Å². The molecule has 1 atom stereocenters. The summed E-state index contributed by atoms with van der Waals surface area (Å²) in [6.45, 7) is 18.1. The van der Waals surface area contributed by atoms with Crippen LogP contribution in [0.3, 0.4) is 0 Å². The molecule has 2 heterocycles. The van der Waals surface area contributed by atoms with E-state index in [0.717, 1.165) is 37.1 Å². The average Bonchev–Trinajstić information content (AvgIpc) is 3.65. The zero-order valence-corrected chi connectivity index (χ0v) is 37.6. The van der Waals surface area contributed by atoms with Crippen molar-refractivity contribution >= 4 is 42.7 Å². The zero-order chi connectivity index (χ0) is 42.0. The summed E-state index contributed by atoms with van der Waals surface area (Å²) in [4.78, 5) is 4.97. The molecular weight excluding hydrogens is 743 g/mol. The summed E-state index contributed by atoms with van der Waals surface area (Å²) in [7, 11) is 0. The topological polar surface area (TPSA) is 12.9 Å². The molecule has 302 valence electrons. The Labute approximate surface area is 363 Å². The van der Waals surface area contributed by atoms with Crippen LogP contribution in [0.15, 0.2) is 151 Å². The third kappa shape index (κ3) is 8.41. The predicted octanol–water partition coefficient (Wildman–Crippen LogP) is 17.1. The minimum Gasteiger partial charge on any atom is -0.248 e. The number of benzene rings is 5. The second-order valence-electron chi connectivity index (χ2n) is 17.6. The minimum atomic E-state index is -0.0414. The Kier molecular flexibility index (Phi) is 12.1. The molecule has 2 aromatic heterocycles. The van der Waals surface area contributed by atoms with E-state index in [-0.39, 0.29) is 5.41 Å². The van der Waals surface area contributed by atoms with Gasteiger partial charge in [-0.05, 0) is 163 Å². The number of fused-ring (bicyclic) bond motifs is 3. The highest BCUT2D eigenvalue weighted by molar-refractivity contribution is 7.26. The van der Waals surface area contributed by atoms with E-state index in [2.05, 4.69) is 201 Å². The maximum Gasteiger partial charge on any atom is 0.0709 e. The van der Waals surface area contributed by atoms with Crippen molar-refractivity contribution in [3.8, 4) is 22.4 Å². The van der Waals surface area contributed by atoms with Gasteiger partial charge in [-0.25, -0.2) is 4.98 Å². The number of hydrogen-bond donors (Lipinski definition) is 0. The predicted molar refractivity (Wildman–Crippen MR) is 263 cm³/mol. The molecule has 5 aromatic carbocycles. The van der Waals surface area contributed by atoms with Crippen molar-refractivity contribution in [1.29, 1.82) is 0 Å². The summed E-state index contributed by atoms with van der Waals surface area (Å²) in [6, 6.07) is 43.0. The Morgan fingerprint density at radius 2 is 1.45 bits per heavy atom. The van der Waals surface area contributed by atoms with Gasteiger partial charge >= 0.3 is 0 Å². The molecule has 9 rings (SSSR count). The maximum absolute atomic E-state index is 4.97. The van der Waals surface area contributed by atoms with Crippen LogP contribution in [0, 0.1) is 20.8 Å². The van der Waals surface area contributed by atoms with Gasteiger partial charge in [0.1, 0.15) is 0 Å². The van der Waals surface area contributed by atoms with E-state index in [9.17, 15) is 0 Å². The van der Waals surface area contributed by atoms with E-state index in [1.54, 1.807) is 0 Å². The Bertz CT molecular complexity index is 2820. The number of pyridine rings is 1.